The highest BCUT2D eigenvalue weighted by Crippen LogP contribution is 2.14. The fourth-order valence-corrected chi connectivity index (χ4v) is 1.86. The van der Waals surface area contributed by atoms with Crippen LogP contribution < -0.4 is 0 Å². The molecule has 0 saturated heterocycles. The molecular weight excluding hydrogens is 232 g/mol. The summed E-state index contributed by atoms with van der Waals surface area (Å²) in [5, 5.41) is 3.92. The van der Waals surface area contributed by atoms with Gasteiger partial charge in [-0.05, 0) is 32.4 Å². The molecule has 18 heavy (non-hydrogen) atoms. The third-order valence-electron chi connectivity index (χ3n) is 2.64. The lowest BCUT2D eigenvalue weighted by molar-refractivity contribution is 0.0513. The topological polar surface area (TPSA) is 57.3 Å². The van der Waals surface area contributed by atoms with E-state index in [1.165, 1.54) is 0 Å². The van der Waals surface area contributed by atoms with Crippen LogP contribution in [0.3, 0.4) is 0 Å². The molecule has 0 aliphatic carbocycles. The van der Waals surface area contributed by atoms with Gasteiger partial charge in [0.25, 0.3) is 0 Å². The monoisotopic (exact) mass is 248 g/mol. The maximum absolute atomic E-state index is 11.9. The van der Waals surface area contributed by atoms with Crippen LogP contribution in [0.5, 0.6) is 0 Å². The van der Waals surface area contributed by atoms with Crippen LogP contribution in [0.1, 0.15) is 34.4 Å². The molecule has 0 atom stereocenters. The molecule has 0 aliphatic heterocycles. The second-order valence-electron chi connectivity index (χ2n) is 4.12. The lowest BCUT2D eigenvalue weighted by Crippen LogP contribution is -2.13. The first-order valence-electron chi connectivity index (χ1n) is 5.87. The highest BCUT2D eigenvalue weighted by Gasteiger charge is 2.16. The van der Waals surface area contributed by atoms with Crippen molar-refractivity contribution in [2.45, 2.75) is 27.3 Å². The number of ether oxygens (including phenoxy) is 1. The van der Waals surface area contributed by atoms with Gasteiger partial charge in [-0.1, -0.05) is 5.16 Å². The third kappa shape index (κ3) is 2.45. The summed E-state index contributed by atoms with van der Waals surface area (Å²) >= 11 is 0. The predicted molar refractivity (Wildman–Crippen MR) is 65.5 cm³/mol. The number of hydrogen-bond acceptors (Lipinski definition) is 4. The number of carbonyl (C=O) groups is 1. The molecule has 0 bridgehead atoms. The molecule has 2 heterocycles. The Labute approximate surface area is 105 Å². The molecule has 5 heteroatoms. The normalized spacial score (nSPS) is 10.6. The second-order valence-corrected chi connectivity index (χ2v) is 4.12. The fraction of sp³-hybridized carbons (Fsp3) is 0.385. The van der Waals surface area contributed by atoms with Gasteiger partial charge in [0, 0.05) is 12.3 Å². The molecule has 0 saturated carbocycles. The van der Waals surface area contributed by atoms with Gasteiger partial charge < -0.3 is 13.8 Å². The van der Waals surface area contributed by atoms with Crippen molar-refractivity contribution < 1.29 is 14.1 Å². The van der Waals surface area contributed by atoms with E-state index in [2.05, 4.69) is 5.16 Å². The van der Waals surface area contributed by atoms with E-state index in [1.54, 1.807) is 6.92 Å². The van der Waals surface area contributed by atoms with Crippen molar-refractivity contribution in [3.63, 3.8) is 0 Å². The number of hydrogen-bond donors (Lipinski definition) is 0. The van der Waals surface area contributed by atoms with Crippen LogP contribution in [0.4, 0.5) is 0 Å². The van der Waals surface area contributed by atoms with E-state index in [4.69, 9.17) is 9.26 Å². The first kappa shape index (κ1) is 12.4. The Bertz CT molecular complexity index is 554. The molecule has 5 nitrogen and oxygen atoms in total. The van der Waals surface area contributed by atoms with Crippen LogP contribution in [-0.2, 0) is 11.3 Å². The molecule has 0 N–H and O–H groups in total. The second kappa shape index (κ2) is 5.08. The van der Waals surface area contributed by atoms with Crippen LogP contribution in [0, 0.1) is 13.8 Å². The van der Waals surface area contributed by atoms with Gasteiger partial charge in [0.15, 0.2) is 0 Å². The van der Waals surface area contributed by atoms with Crippen LogP contribution in [0.2, 0.25) is 0 Å². The Morgan fingerprint density at radius 2 is 2.28 bits per heavy atom. The van der Waals surface area contributed by atoms with Crippen molar-refractivity contribution >= 4 is 5.97 Å². The summed E-state index contributed by atoms with van der Waals surface area (Å²) in [5.74, 6) is 0.451. The van der Waals surface area contributed by atoms with Crippen molar-refractivity contribution in [2.75, 3.05) is 6.61 Å². The molecule has 96 valence electrons. The minimum atomic E-state index is -0.305. The molecule has 2 rings (SSSR count). The summed E-state index contributed by atoms with van der Waals surface area (Å²) in [6, 6.07) is 3.74. The summed E-state index contributed by atoms with van der Waals surface area (Å²) in [6.45, 7) is 6.38. The van der Waals surface area contributed by atoms with Gasteiger partial charge in [-0.25, -0.2) is 4.79 Å². The zero-order valence-electron chi connectivity index (χ0n) is 10.8. The molecule has 0 fully saturated rings. The molecule has 2 aromatic rings. The van der Waals surface area contributed by atoms with Gasteiger partial charge in [0.2, 0.25) is 0 Å². The summed E-state index contributed by atoms with van der Waals surface area (Å²) in [4.78, 5) is 11.9. The number of aromatic nitrogens is 2. The Kier molecular flexibility index (Phi) is 3.50. The van der Waals surface area contributed by atoms with Gasteiger partial charge in [-0.2, -0.15) is 0 Å². The van der Waals surface area contributed by atoms with E-state index in [1.807, 2.05) is 36.7 Å². The summed E-state index contributed by atoms with van der Waals surface area (Å²) in [6.07, 6.45) is 1.85. The lowest BCUT2D eigenvalue weighted by Gasteiger charge is -2.07. The van der Waals surface area contributed by atoms with Gasteiger partial charge in [-0.15, -0.1) is 0 Å². The van der Waals surface area contributed by atoms with Crippen molar-refractivity contribution in [2.24, 2.45) is 0 Å². The summed E-state index contributed by atoms with van der Waals surface area (Å²) in [5.41, 5.74) is 2.25. The van der Waals surface area contributed by atoms with E-state index in [0.717, 1.165) is 17.0 Å². The largest absolute Gasteiger partial charge is 0.461 e. The minimum absolute atomic E-state index is 0.305. The molecule has 0 unspecified atom stereocenters. The van der Waals surface area contributed by atoms with Crippen molar-refractivity contribution in [3.8, 4) is 0 Å². The zero-order valence-corrected chi connectivity index (χ0v) is 10.8. The molecule has 0 radical (unpaired) electrons. The smallest absolute Gasteiger partial charge is 0.355 e. The van der Waals surface area contributed by atoms with Crippen molar-refractivity contribution in [1.82, 2.24) is 9.72 Å². The van der Waals surface area contributed by atoms with Crippen molar-refractivity contribution in [1.29, 1.82) is 0 Å². The molecule has 0 aromatic carbocycles. The Morgan fingerprint density at radius 3 is 2.89 bits per heavy atom. The van der Waals surface area contributed by atoms with E-state index < -0.39 is 0 Å². The number of esters is 1. The molecule has 0 spiro atoms. The molecule has 0 amide bonds. The first-order chi connectivity index (χ1) is 8.61. The third-order valence-corrected chi connectivity index (χ3v) is 2.64. The number of carbonyl (C=O) groups excluding carboxylic acids is 1. The van der Waals surface area contributed by atoms with E-state index in [-0.39, 0.29) is 5.97 Å². The quantitative estimate of drug-likeness (QED) is 0.779. The van der Waals surface area contributed by atoms with Gasteiger partial charge in [-0.3, -0.25) is 0 Å². The van der Waals surface area contributed by atoms with Crippen LogP contribution in [-0.4, -0.2) is 22.3 Å². The summed E-state index contributed by atoms with van der Waals surface area (Å²) in [7, 11) is 0. The van der Waals surface area contributed by atoms with Crippen molar-refractivity contribution in [3.05, 3.63) is 41.0 Å². The SMILES string of the molecule is CCOC(=O)c1c(C)ccn1Cc1cc(C)on1. The van der Waals surface area contributed by atoms with Crippen LogP contribution in [0.25, 0.3) is 0 Å². The van der Waals surface area contributed by atoms with Crippen LogP contribution >= 0.6 is 0 Å². The average molecular weight is 248 g/mol. The standard InChI is InChI=1S/C13H16N2O3/c1-4-17-13(16)12-9(2)5-6-15(12)8-11-7-10(3)18-14-11/h5-7H,4,8H2,1-3H3. The summed E-state index contributed by atoms with van der Waals surface area (Å²) < 4.78 is 11.9. The van der Waals surface area contributed by atoms with Gasteiger partial charge in [0.05, 0.1) is 13.2 Å². The average Bonchev–Trinajstić information content (AvgIpc) is 2.87. The number of aryl methyl sites for hydroxylation is 2. The lowest BCUT2D eigenvalue weighted by atomic mass is 10.2. The van der Waals surface area contributed by atoms with E-state index in [9.17, 15) is 4.79 Å². The minimum Gasteiger partial charge on any atom is -0.461 e. The van der Waals surface area contributed by atoms with E-state index in [0.29, 0.717) is 18.8 Å². The first-order valence-corrected chi connectivity index (χ1v) is 5.87. The van der Waals surface area contributed by atoms with Gasteiger partial charge in [0.1, 0.15) is 17.1 Å². The molecular formula is C13H16N2O3. The highest BCUT2D eigenvalue weighted by atomic mass is 16.5. The predicted octanol–water partition coefficient (Wildman–Crippen LogP) is 2.32. The Morgan fingerprint density at radius 1 is 1.50 bits per heavy atom. The Hall–Kier alpha value is -2.04. The maximum Gasteiger partial charge on any atom is 0.355 e. The maximum atomic E-state index is 11.9. The zero-order chi connectivity index (χ0) is 13.1. The number of rotatable bonds is 4. The van der Waals surface area contributed by atoms with E-state index >= 15 is 0 Å². The highest BCUT2D eigenvalue weighted by molar-refractivity contribution is 5.89. The fourth-order valence-electron chi connectivity index (χ4n) is 1.86. The Balaban J connectivity index is 2.26. The number of nitrogens with zero attached hydrogens (tertiary/aromatic N) is 2. The molecule has 0 aliphatic rings. The molecule has 2 aromatic heterocycles. The van der Waals surface area contributed by atoms with Crippen LogP contribution in [0.15, 0.2) is 22.9 Å². The van der Waals surface area contributed by atoms with Gasteiger partial charge >= 0.3 is 5.97 Å².